The average molecular weight is 475 g/mol. The minimum absolute atomic E-state index is 0.0335. The highest BCUT2D eigenvalue weighted by Gasteiger charge is 2.19. The highest BCUT2D eigenvalue weighted by atomic mass is 32.2. The molecule has 2 aromatic carbocycles. The molecule has 1 heterocycles. The van der Waals surface area contributed by atoms with Gasteiger partial charge in [-0.1, -0.05) is 6.07 Å². The Labute approximate surface area is 189 Å². The third kappa shape index (κ3) is 5.69. The zero-order valence-electron chi connectivity index (χ0n) is 17.4. The molecule has 0 bridgehead atoms. The molecule has 0 fully saturated rings. The summed E-state index contributed by atoms with van der Waals surface area (Å²) in [5, 5.41) is 17.8. The highest BCUT2D eigenvalue weighted by Crippen LogP contribution is 2.22. The van der Waals surface area contributed by atoms with E-state index >= 15 is 0 Å². The highest BCUT2D eigenvalue weighted by molar-refractivity contribution is 7.92. The minimum atomic E-state index is -4.02. The quantitative estimate of drug-likeness (QED) is 0.362. The fourth-order valence-electron chi connectivity index (χ4n) is 3.02. The lowest BCUT2D eigenvalue weighted by Crippen LogP contribution is -2.34. The van der Waals surface area contributed by atoms with E-state index in [9.17, 15) is 23.3 Å². The van der Waals surface area contributed by atoms with Crippen molar-refractivity contribution in [3.8, 4) is 0 Å². The minimum Gasteiger partial charge on any atom is -0.350 e. The number of rotatable bonds is 9. The number of anilines is 1. The van der Waals surface area contributed by atoms with E-state index in [2.05, 4.69) is 10.0 Å². The molecule has 11 heteroatoms. The lowest BCUT2D eigenvalue weighted by Gasteiger charge is -2.24. The van der Waals surface area contributed by atoms with Crippen molar-refractivity contribution in [2.45, 2.75) is 10.9 Å². The van der Waals surface area contributed by atoms with Crippen LogP contribution in [-0.4, -0.2) is 44.8 Å². The number of benzene rings is 2. The lowest BCUT2D eigenvalue weighted by atomic mass is 10.1. The summed E-state index contributed by atoms with van der Waals surface area (Å²) < 4.78 is 27.4. The molecule has 1 atom stereocenters. The van der Waals surface area contributed by atoms with Crippen LogP contribution in [0.4, 0.5) is 11.4 Å². The van der Waals surface area contributed by atoms with Crippen LogP contribution in [0.15, 0.2) is 70.3 Å². The zero-order chi connectivity index (χ0) is 23.3. The molecule has 0 spiro atoms. The van der Waals surface area contributed by atoms with Crippen molar-refractivity contribution < 1.29 is 18.1 Å². The standard InChI is InChI=1S/C21H22N4O5S2/c1-24(2)20(16-10-11-31-14-16)13-22-21(26)15-6-8-17(9-7-15)23-32(29,30)19-5-3-4-18(12-19)25(27)28/h3-12,14,20,23H,13H2,1-2H3,(H,22,26)/t20-/m0/s1. The fraction of sp³-hybridized carbons (Fsp3) is 0.190. The number of likely N-dealkylation sites (N-methyl/N-ethyl adjacent to an activating group) is 1. The smallest absolute Gasteiger partial charge is 0.270 e. The second kappa shape index (κ2) is 9.90. The van der Waals surface area contributed by atoms with E-state index in [4.69, 9.17) is 0 Å². The van der Waals surface area contributed by atoms with E-state index < -0.39 is 14.9 Å². The first-order valence-electron chi connectivity index (χ1n) is 9.51. The molecule has 0 aliphatic rings. The van der Waals surface area contributed by atoms with Gasteiger partial charge < -0.3 is 10.2 Å². The van der Waals surface area contributed by atoms with Crippen LogP contribution < -0.4 is 10.0 Å². The summed E-state index contributed by atoms with van der Waals surface area (Å²) in [7, 11) is -0.136. The SMILES string of the molecule is CN(C)[C@@H](CNC(=O)c1ccc(NS(=O)(=O)c2cccc([N+](=O)[O-])c2)cc1)c1ccsc1. The van der Waals surface area contributed by atoms with Crippen LogP contribution in [-0.2, 0) is 10.0 Å². The molecule has 3 aromatic rings. The summed E-state index contributed by atoms with van der Waals surface area (Å²) >= 11 is 1.59. The molecule has 1 amide bonds. The third-order valence-electron chi connectivity index (χ3n) is 4.75. The van der Waals surface area contributed by atoms with Crippen LogP contribution in [0, 0.1) is 10.1 Å². The maximum atomic E-state index is 12.5. The van der Waals surface area contributed by atoms with Crippen LogP contribution in [0.2, 0.25) is 0 Å². The van der Waals surface area contributed by atoms with Crippen molar-refractivity contribution in [3.63, 3.8) is 0 Å². The monoisotopic (exact) mass is 474 g/mol. The number of non-ortho nitro benzene ring substituents is 1. The Morgan fingerprint density at radius 3 is 2.47 bits per heavy atom. The molecule has 3 rings (SSSR count). The molecule has 0 aliphatic carbocycles. The second-order valence-electron chi connectivity index (χ2n) is 7.18. The Kier molecular flexibility index (Phi) is 7.23. The topological polar surface area (TPSA) is 122 Å². The van der Waals surface area contributed by atoms with Crippen molar-refractivity contribution in [2.24, 2.45) is 0 Å². The van der Waals surface area contributed by atoms with Crippen LogP contribution in [0.3, 0.4) is 0 Å². The number of hydrogen-bond donors (Lipinski definition) is 2. The Bertz CT molecular complexity index is 1190. The molecule has 168 valence electrons. The lowest BCUT2D eigenvalue weighted by molar-refractivity contribution is -0.385. The zero-order valence-corrected chi connectivity index (χ0v) is 19.0. The number of thiophene rings is 1. The Morgan fingerprint density at radius 1 is 1.16 bits per heavy atom. The number of hydrogen-bond acceptors (Lipinski definition) is 7. The van der Waals surface area contributed by atoms with Gasteiger partial charge in [-0.05, 0) is 66.8 Å². The largest absolute Gasteiger partial charge is 0.350 e. The number of nitro benzene ring substituents is 1. The Hall–Kier alpha value is -3.28. The van der Waals surface area contributed by atoms with Crippen molar-refractivity contribution in [1.82, 2.24) is 10.2 Å². The van der Waals surface area contributed by atoms with E-state index in [1.807, 2.05) is 35.8 Å². The molecule has 0 saturated carbocycles. The molecule has 9 nitrogen and oxygen atoms in total. The van der Waals surface area contributed by atoms with Gasteiger partial charge in [-0.3, -0.25) is 19.6 Å². The molecular formula is C21H22N4O5S2. The Morgan fingerprint density at radius 2 is 1.88 bits per heavy atom. The first-order chi connectivity index (χ1) is 15.2. The number of nitro groups is 1. The van der Waals surface area contributed by atoms with E-state index in [0.29, 0.717) is 12.1 Å². The summed E-state index contributed by atoms with van der Waals surface area (Å²) in [4.78, 5) is 24.6. The van der Waals surface area contributed by atoms with E-state index in [1.54, 1.807) is 11.3 Å². The molecule has 0 radical (unpaired) electrons. The van der Waals surface area contributed by atoms with Gasteiger partial charge in [0.2, 0.25) is 0 Å². The summed E-state index contributed by atoms with van der Waals surface area (Å²) in [6, 6.07) is 12.8. The van der Waals surface area contributed by atoms with Gasteiger partial charge >= 0.3 is 0 Å². The van der Waals surface area contributed by atoms with Gasteiger partial charge in [-0.25, -0.2) is 8.42 Å². The maximum Gasteiger partial charge on any atom is 0.270 e. The fourth-order valence-corrected chi connectivity index (χ4v) is 4.83. The normalized spacial score (nSPS) is 12.3. The number of nitrogens with one attached hydrogen (secondary N) is 2. The van der Waals surface area contributed by atoms with Gasteiger partial charge in [0, 0.05) is 29.9 Å². The number of sulfonamides is 1. The number of amides is 1. The maximum absolute atomic E-state index is 12.5. The van der Waals surface area contributed by atoms with Crippen molar-refractivity contribution in [2.75, 3.05) is 25.4 Å². The second-order valence-corrected chi connectivity index (χ2v) is 9.65. The number of carbonyl (C=O) groups excluding carboxylic acids is 1. The van der Waals surface area contributed by atoms with Crippen LogP contribution in [0.1, 0.15) is 22.0 Å². The van der Waals surface area contributed by atoms with Gasteiger partial charge in [-0.15, -0.1) is 0 Å². The third-order valence-corrected chi connectivity index (χ3v) is 6.83. The van der Waals surface area contributed by atoms with Crippen molar-refractivity contribution >= 4 is 38.6 Å². The first kappa shape index (κ1) is 23.4. The van der Waals surface area contributed by atoms with Crippen LogP contribution in [0.5, 0.6) is 0 Å². The van der Waals surface area contributed by atoms with Crippen LogP contribution >= 0.6 is 11.3 Å². The van der Waals surface area contributed by atoms with E-state index in [-0.39, 0.29) is 28.2 Å². The van der Waals surface area contributed by atoms with Gasteiger partial charge in [0.1, 0.15) is 0 Å². The van der Waals surface area contributed by atoms with E-state index in [1.165, 1.54) is 42.5 Å². The van der Waals surface area contributed by atoms with Gasteiger partial charge in [0.05, 0.1) is 15.9 Å². The predicted octanol–water partition coefficient (Wildman–Crippen LogP) is 3.49. The first-order valence-corrected chi connectivity index (χ1v) is 11.9. The van der Waals surface area contributed by atoms with Crippen molar-refractivity contribution in [1.29, 1.82) is 0 Å². The molecular weight excluding hydrogens is 452 g/mol. The van der Waals surface area contributed by atoms with Crippen molar-refractivity contribution in [3.05, 3.63) is 86.6 Å². The summed E-state index contributed by atoms with van der Waals surface area (Å²) in [6.45, 7) is 0.420. The molecule has 32 heavy (non-hydrogen) atoms. The molecule has 1 aromatic heterocycles. The van der Waals surface area contributed by atoms with Crippen LogP contribution in [0.25, 0.3) is 0 Å². The number of carbonyl (C=O) groups is 1. The summed E-state index contributed by atoms with van der Waals surface area (Å²) in [5.74, 6) is -0.278. The van der Waals surface area contributed by atoms with Gasteiger partial charge in [-0.2, -0.15) is 11.3 Å². The average Bonchev–Trinajstić information content (AvgIpc) is 3.28. The molecule has 0 saturated heterocycles. The van der Waals surface area contributed by atoms with E-state index in [0.717, 1.165) is 11.6 Å². The molecule has 2 N–H and O–H groups in total. The predicted molar refractivity (Wildman–Crippen MR) is 123 cm³/mol. The summed E-state index contributed by atoms with van der Waals surface area (Å²) in [6.07, 6.45) is 0. The molecule has 0 aliphatic heterocycles. The van der Waals surface area contributed by atoms with Gasteiger partial charge in [0.15, 0.2) is 0 Å². The van der Waals surface area contributed by atoms with Gasteiger partial charge in [0.25, 0.3) is 21.6 Å². The number of nitrogens with zero attached hydrogens (tertiary/aromatic N) is 2. The molecule has 0 unspecified atom stereocenters. The Balaban J connectivity index is 1.66. The summed E-state index contributed by atoms with van der Waals surface area (Å²) in [5.41, 5.74) is 1.41.